The molecule has 2 N–H and O–H groups in total. The number of anilines is 1. The third-order valence-corrected chi connectivity index (χ3v) is 3.15. The van der Waals surface area contributed by atoms with Crippen molar-refractivity contribution in [3.8, 4) is 16.2 Å². The molecule has 0 saturated heterocycles. The number of amides is 1. The molecule has 0 aliphatic heterocycles. The molecule has 0 radical (unpaired) electrons. The molecule has 1 aromatic carbocycles. The van der Waals surface area contributed by atoms with Gasteiger partial charge in [0.1, 0.15) is 5.00 Å². The van der Waals surface area contributed by atoms with Crippen LogP contribution in [0.2, 0.25) is 0 Å². The molecule has 2 rings (SSSR count). The normalized spacial score (nSPS) is 10.1. The first-order valence-electron chi connectivity index (χ1n) is 4.82. The van der Waals surface area contributed by atoms with Crippen LogP contribution in [0.1, 0.15) is 6.92 Å². The molecule has 0 fully saturated rings. The number of hydrogen-bond donors (Lipinski definition) is 2. The Kier molecular flexibility index (Phi) is 2.92. The Morgan fingerprint density at radius 2 is 2.00 bits per heavy atom. The molecule has 3 nitrogen and oxygen atoms in total. The van der Waals surface area contributed by atoms with Gasteiger partial charge in [0, 0.05) is 17.9 Å². The summed E-state index contributed by atoms with van der Waals surface area (Å²) >= 11 is 1.36. The molecule has 0 spiro atoms. The molecule has 1 amide bonds. The summed E-state index contributed by atoms with van der Waals surface area (Å²) in [4.78, 5) is 11.8. The van der Waals surface area contributed by atoms with Crippen molar-refractivity contribution >= 4 is 22.2 Å². The Morgan fingerprint density at radius 1 is 1.31 bits per heavy atom. The van der Waals surface area contributed by atoms with E-state index in [0.29, 0.717) is 5.00 Å². The van der Waals surface area contributed by atoms with E-state index in [-0.39, 0.29) is 11.7 Å². The predicted octanol–water partition coefficient (Wildman–Crippen LogP) is 3.08. The summed E-state index contributed by atoms with van der Waals surface area (Å²) < 4.78 is 0. The first-order chi connectivity index (χ1) is 7.66. The van der Waals surface area contributed by atoms with Gasteiger partial charge in [0.15, 0.2) is 5.75 Å². The minimum absolute atomic E-state index is 0.110. The highest BCUT2D eigenvalue weighted by Gasteiger charge is 2.10. The van der Waals surface area contributed by atoms with Gasteiger partial charge >= 0.3 is 0 Å². The van der Waals surface area contributed by atoms with Crippen LogP contribution in [0.4, 0.5) is 5.00 Å². The number of rotatable bonds is 2. The molecule has 0 aliphatic carbocycles. The Balaban J connectivity index is 2.34. The molecule has 4 heteroatoms. The maximum Gasteiger partial charge on any atom is 0.221 e. The minimum atomic E-state index is -0.184. The van der Waals surface area contributed by atoms with Gasteiger partial charge in [-0.2, -0.15) is 0 Å². The average molecular weight is 233 g/mol. The molecule has 0 bridgehead atoms. The van der Waals surface area contributed by atoms with Crippen molar-refractivity contribution in [3.05, 3.63) is 36.4 Å². The molecule has 2 aromatic rings. The fourth-order valence-corrected chi connectivity index (χ4v) is 2.38. The van der Waals surface area contributed by atoms with Gasteiger partial charge in [-0.25, -0.2) is 0 Å². The second-order valence-corrected chi connectivity index (χ2v) is 4.42. The Hall–Kier alpha value is -1.81. The summed E-state index contributed by atoms with van der Waals surface area (Å²) in [5.41, 5.74) is 1.03. The highest BCUT2D eigenvalue weighted by molar-refractivity contribution is 7.20. The van der Waals surface area contributed by atoms with E-state index in [1.54, 1.807) is 6.07 Å². The standard InChI is InChI=1S/C12H11NO2S/c1-8(14)13-12-10(15)7-11(16-12)9-5-3-2-4-6-9/h2-7,15H,1H3,(H,13,14). The predicted molar refractivity (Wildman–Crippen MR) is 65.7 cm³/mol. The lowest BCUT2D eigenvalue weighted by atomic mass is 10.2. The lowest BCUT2D eigenvalue weighted by molar-refractivity contribution is -0.114. The van der Waals surface area contributed by atoms with Crippen molar-refractivity contribution in [2.45, 2.75) is 6.92 Å². The van der Waals surface area contributed by atoms with Gasteiger partial charge < -0.3 is 10.4 Å². The van der Waals surface area contributed by atoms with Gasteiger partial charge in [0.25, 0.3) is 0 Å². The quantitative estimate of drug-likeness (QED) is 0.837. The number of carbonyl (C=O) groups excluding carboxylic acids is 1. The van der Waals surface area contributed by atoms with Crippen LogP contribution in [0.15, 0.2) is 36.4 Å². The van der Waals surface area contributed by atoms with E-state index in [9.17, 15) is 9.90 Å². The summed E-state index contributed by atoms with van der Waals surface area (Å²) in [5, 5.41) is 12.7. The van der Waals surface area contributed by atoms with Gasteiger partial charge in [-0.1, -0.05) is 30.3 Å². The maximum atomic E-state index is 10.9. The van der Waals surface area contributed by atoms with Crippen molar-refractivity contribution in [2.24, 2.45) is 0 Å². The van der Waals surface area contributed by atoms with Crippen LogP contribution in [0.3, 0.4) is 0 Å². The molecule has 0 aliphatic rings. The van der Waals surface area contributed by atoms with Crippen LogP contribution in [0.5, 0.6) is 5.75 Å². The molecular weight excluding hydrogens is 222 g/mol. The van der Waals surface area contributed by atoms with E-state index in [0.717, 1.165) is 10.4 Å². The smallest absolute Gasteiger partial charge is 0.221 e. The highest BCUT2D eigenvalue weighted by atomic mass is 32.1. The van der Waals surface area contributed by atoms with Crippen LogP contribution in [-0.2, 0) is 4.79 Å². The summed E-state index contributed by atoms with van der Waals surface area (Å²) in [6.45, 7) is 1.42. The van der Waals surface area contributed by atoms with Crippen LogP contribution < -0.4 is 5.32 Å². The zero-order valence-electron chi connectivity index (χ0n) is 8.73. The summed E-state index contributed by atoms with van der Waals surface area (Å²) in [6, 6.07) is 11.4. The summed E-state index contributed by atoms with van der Waals surface area (Å²) in [7, 11) is 0. The molecule has 0 saturated carbocycles. The zero-order valence-corrected chi connectivity index (χ0v) is 9.54. The number of thiophene rings is 1. The van der Waals surface area contributed by atoms with E-state index in [2.05, 4.69) is 5.32 Å². The maximum absolute atomic E-state index is 10.9. The van der Waals surface area contributed by atoms with Gasteiger partial charge in [-0.05, 0) is 5.56 Å². The Morgan fingerprint density at radius 3 is 2.62 bits per heavy atom. The lowest BCUT2D eigenvalue weighted by Gasteiger charge is -1.97. The van der Waals surface area contributed by atoms with Gasteiger partial charge in [-0.3, -0.25) is 4.79 Å². The van der Waals surface area contributed by atoms with Crippen molar-refractivity contribution in [2.75, 3.05) is 5.32 Å². The van der Waals surface area contributed by atoms with Crippen molar-refractivity contribution < 1.29 is 9.90 Å². The van der Waals surface area contributed by atoms with E-state index >= 15 is 0 Å². The van der Waals surface area contributed by atoms with Crippen molar-refractivity contribution in [1.82, 2.24) is 0 Å². The molecular formula is C12H11NO2S. The van der Waals surface area contributed by atoms with E-state index in [1.807, 2.05) is 30.3 Å². The van der Waals surface area contributed by atoms with Crippen LogP contribution in [0.25, 0.3) is 10.4 Å². The van der Waals surface area contributed by atoms with Gasteiger partial charge in [0.05, 0.1) is 0 Å². The fourth-order valence-electron chi connectivity index (χ4n) is 1.38. The van der Waals surface area contributed by atoms with Crippen molar-refractivity contribution in [1.29, 1.82) is 0 Å². The average Bonchev–Trinajstić information content (AvgIpc) is 2.61. The monoisotopic (exact) mass is 233 g/mol. The SMILES string of the molecule is CC(=O)Nc1sc(-c2ccccc2)cc1O. The number of benzene rings is 1. The molecule has 0 atom stereocenters. The molecule has 1 aromatic heterocycles. The van der Waals surface area contributed by atoms with E-state index in [4.69, 9.17) is 0 Å². The third-order valence-electron chi connectivity index (χ3n) is 2.06. The van der Waals surface area contributed by atoms with Crippen LogP contribution >= 0.6 is 11.3 Å². The topological polar surface area (TPSA) is 49.3 Å². The molecule has 82 valence electrons. The number of hydrogen-bond acceptors (Lipinski definition) is 3. The Labute approximate surface area is 97.4 Å². The summed E-state index contributed by atoms with van der Waals surface area (Å²) in [5.74, 6) is -0.0733. The van der Waals surface area contributed by atoms with Crippen LogP contribution in [0, 0.1) is 0 Å². The Bertz CT molecular complexity index is 505. The first kappa shape index (κ1) is 10.7. The number of nitrogens with one attached hydrogen (secondary N) is 1. The van der Waals surface area contributed by atoms with Gasteiger partial charge in [0.2, 0.25) is 5.91 Å². The second kappa shape index (κ2) is 4.37. The number of aromatic hydroxyl groups is 1. The number of carbonyl (C=O) groups is 1. The van der Waals surface area contributed by atoms with Crippen LogP contribution in [-0.4, -0.2) is 11.0 Å². The fraction of sp³-hybridized carbons (Fsp3) is 0.0833. The lowest BCUT2D eigenvalue weighted by Crippen LogP contribution is -2.03. The summed E-state index contributed by atoms with van der Waals surface area (Å²) in [6.07, 6.45) is 0. The molecule has 16 heavy (non-hydrogen) atoms. The van der Waals surface area contributed by atoms with E-state index < -0.39 is 0 Å². The minimum Gasteiger partial charge on any atom is -0.505 e. The van der Waals surface area contributed by atoms with Gasteiger partial charge in [-0.15, -0.1) is 11.3 Å². The highest BCUT2D eigenvalue weighted by Crippen LogP contribution is 2.39. The van der Waals surface area contributed by atoms with Crippen molar-refractivity contribution in [3.63, 3.8) is 0 Å². The molecule has 0 unspecified atom stereocenters. The molecule has 1 heterocycles. The third kappa shape index (κ3) is 2.23. The second-order valence-electron chi connectivity index (χ2n) is 3.37. The zero-order chi connectivity index (χ0) is 11.5. The largest absolute Gasteiger partial charge is 0.505 e. The first-order valence-corrected chi connectivity index (χ1v) is 5.64. The van der Waals surface area contributed by atoms with E-state index in [1.165, 1.54) is 18.3 Å².